The molecule has 2 heterocycles. The minimum Gasteiger partial charge on any atom is -0.494 e. The lowest BCUT2D eigenvalue weighted by molar-refractivity contribution is -0.115. The third kappa shape index (κ3) is 4.66. The first kappa shape index (κ1) is 22.4. The smallest absolute Gasteiger partial charge is 0.230 e. The fourth-order valence-corrected chi connectivity index (χ4v) is 5.57. The summed E-state index contributed by atoms with van der Waals surface area (Å²) in [5.74, 6) is 1.44. The first-order valence-electron chi connectivity index (χ1n) is 10.4. The highest BCUT2D eigenvalue weighted by atomic mass is 32.2. The molecule has 0 radical (unpaired) electrons. The van der Waals surface area contributed by atoms with E-state index >= 15 is 0 Å². The topological polar surface area (TPSA) is 71.1 Å². The zero-order valence-corrected chi connectivity index (χ0v) is 20.5. The molecule has 6 nitrogen and oxygen atoms in total. The number of benzene rings is 2. The maximum atomic E-state index is 12.6. The number of aromatic amines is 1. The number of hydrogen-bond acceptors (Lipinski definition) is 6. The highest BCUT2D eigenvalue weighted by Crippen LogP contribution is 2.35. The number of thioether (sulfide) groups is 1. The van der Waals surface area contributed by atoms with Crippen molar-refractivity contribution < 1.29 is 9.53 Å². The van der Waals surface area contributed by atoms with Crippen molar-refractivity contribution in [3.63, 3.8) is 0 Å². The van der Waals surface area contributed by atoms with Crippen molar-refractivity contribution in [3.05, 3.63) is 58.1 Å². The largest absolute Gasteiger partial charge is 0.494 e. The number of imidazole rings is 1. The molecule has 0 bridgehead atoms. The van der Waals surface area contributed by atoms with Crippen molar-refractivity contribution in [2.75, 3.05) is 11.5 Å². The van der Waals surface area contributed by atoms with E-state index in [9.17, 15) is 4.79 Å². The Morgan fingerprint density at radius 3 is 2.59 bits per heavy atom. The van der Waals surface area contributed by atoms with Crippen LogP contribution in [0.2, 0.25) is 0 Å². The quantitative estimate of drug-likeness (QED) is 0.323. The van der Waals surface area contributed by atoms with Crippen LogP contribution in [-0.2, 0) is 10.5 Å². The molecule has 0 spiro atoms. The van der Waals surface area contributed by atoms with E-state index in [0.717, 1.165) is 44.4 Å². The van der Waals surface area contributed by atoms with Gasteiger partial charge in [0.2, 0.25) is 5.91 Å². The number of H-pyrrole nitrogens is 1. The Morgan fingerprint density at radius 2 is 1.91 bits per heavy atom. The van der Waals surface area contributed by atoms with E-state index in [1.165, 1.54) is 16.9 Å². The van der Waals surface area contributed by atoms with E-state index in [0.29, 0.717) is 17.5 Å². The van der Waals surface area contributed by atoms with Crippen molar-refractivity contribution in [2.24, 2.45) is 0 Å². The Labute approximate surface area is 196 Å². The van der Waals surface area contributed by atoms with E-state index < -0.39 is 0 Å². The average Bonchev–Trinajstić information content (AvgIpc) is 3.35. The number of carbonyl (C=O) groups excluding carboxylic acids is 1. The summed E-state index contributed by atoms with van der Waals surface area (Å²) in [5.41, 5.74) is 7.00. The van der Waals surface area contributed by atoms with Crippen LogP contribution in [0.25, 0.3) is 11.0 Å². The number of aryl methyl sites for hydroxylation is 3. The minimum atomic E-state index is -0.0454. The molecule has 0 saturated carbocycles. The number of thiazole rings is 1. The number of aromatic nitrogens is 3. The van der Waals surface area contributed by atoms with Gasteiger partial charge in [0.05, 0.1) is 29.0 Å². The van der Waals surface area contributed by atoms with Gasteiger partial charge in [-0.25, -0.2) is 9.97 Å². The van der Waals surface area contributed by atoms with Gasteiger partial charge in [-0.05, 0) is 51.0 Å². The van der Waals surface area contributed by atoms with Crippen LogP contribution in [0.3, 0.4) is 0 Å². The van der Waals surface area contributed by atoms with Gasteiger partial charge in [-0.15, -0.1) is 11.3 Å². The first-order chi connectivity index (χ1) is 15.4. The van der Waals surface area contributed by atoms with Gasteiger partial charge in [0.15, 0.2) is 10.3 Å². The van der Waals surface area contributed by atoms with Gasteiger partial charge in [0.1, 0.15) is 5.75 Å². The lowest BCUT2D eigenvalue weighted by Gasteiger charge is -2.23. The molecule has 0 fully saturated rings. The Morgan fingerprint density at radius 1 is 1.16 bits per heavy atom. The molecule has 4 aromatic rings. The highest BCUT2D eigenvalue weighted by molar-refractivity contribution is 7.98. The second-order valence-corrected chi connectivity index (χ2v) is 9.47. The van der Waals surface area contributed by atoms with Crippen LogP contribution in [0.15, 0.2) is 40.9 Å². The lowest BCUT2D eigenvalue weighted by Crippen LogP contribution is -2.24. The second kappa shape index (κ2) is 9.34. The number of ether oxygens (including phenoxy) is 1. The molecule has 0 aliphatic heterocycles. The Kier molecular flexibility index (Phi) is 6.53. The predicted octanol–water partition coefficient (Wildman–Crippen LogP) is 6.32. The molecule has 1 N–H and O–H groups in total. The van der Waals surface area contributed by atoms with Crippen LogP contribution in [0.1, 0.15) is 36.2 Å². The molecule has 8 heteroatoms. The van der Waals surface area contributed by atoms with Gasteiger partial charge >= 0.3 is 0 Å². The van der Waals surface area contributed by atoms with Crippen LogP contribution >= 0.6 is 23.1 Å². The number of carbonyl (C=O) groups is 1. The number of rotatable bonds is 7. The monoisotopic (exact) mass is 466 g/mol. The Balaban J connectivity index is 1.53. The average molecular weight is 467 g/mol. The van der Waals surface area contributed by atoms with Gasteiger partial charge in [0.25, 0.3) is 0 Å². The standard InChI is InChI=1S/C24H26N4O2S2/c1-6-30-19-7-8-20-21(11-19)27-23(26-20)31-12-18-13-32-24(25-18)28(17(5)29)22-15(3)9-14(2)10-16(22)4/h7-11,13H,6,12H2,1-5H3,(H,26,27). The molecule has 0 unspecified atom stereocenters. The summed E-state index contributed by atoms with van der Waals surface area (Å²) in [6, 6.07) is 10.0. The molecular formula is C24H26N4O2S2. The normalized spacial score (nSPS) is 11.2. The van der Waals surface area contributed by atoms with E-state index in [1.807, 2.05) is 44.4 Å². The highest BCUT2D eigenvalue weighted by Gasteiger charge is 2.22. The SMILES string of the molecule is CCOc1ccc2nc(SCc3csc(N(C(C)=O)c4c(C)cc(C)cc4C)n3)[nH]c2c1. The summed E-state index contributed by atoms with van der Waals surface area (Å²) in [6.45, 7) is 10.3. The van der Waals surface area contributed by atoms with E-state index in [2.05, 4.69) is 29.0 Å². The van der Waals surface area contributed by atoms with E-state index in [4.69, 9.17) is 9.72 Å². The van der Waals surface area contributed by atoms with Crippen molar-refractivity contribution in [2.45, 2.75) is 45.5 Å². The van der Waals surface area contributed by atoms with Crippen LogP contribution < -0.4 is 9.64 Å². The molecule has 0 aliphatic rings. The maximum Gasteiger partial charge on any atom is 0.230 e. The number of nitrogens with zero attached hydrogens (tertiary/aromatic N) is 3. The zero-order chi connectivity index (χ0) is 22.8. The van der Waals surface area contributed by atoms with Crippen molar-refractivity contribution in [3.8, 4) is 5.75 Å². The number of hydrogen-bond donors (Lipinski definition) is 1. The number of fused-ring (bicyclic) bond motifs is 1. The van der Waals surface area contributed by atoms with E-state index in [1.54, 1.807) is 23.6 Å². The summed E-state index contributed by atoms with van der Waals surface area (Å²) < 4.78 is 5.56. The summed E-state index contributed by atoms with van der Waals surface area (Å²) in [7, 11) is 0. The molecule has 0 saturated heterocycles. The maximum absolute atomic E-state index is 12.6. The van der Waals surface area contributed by atoms with Crippen molar-refractivity contribution in [1.82, 2.24) is 15.0 Å². The summed E-state index contributed by atoms with van der Waals surface area (Å²) >= 11 is 3.07. The molecule has 0 aliphatic carbocycles. The molecule has 4 rings (SSSR count). The minimum absolute atomic E-state index is 0.0454. The fourth-order valence-electron chi connectivity index (χ4n) is 3.81. The second-order valence-electron chi connectivity index (χ2n) is 7.67. The molecule has 2 aromatic heterocycles. The predicted molar refractivity (Wildman–Crippen MR) is 132 cm³/mol. The molecule has 1 amide bonds. The van der Waals surface area contributed by atoms with Crippen molar-refractivity contribution >= 4 is 50.9 Å². The zero-order valence-electron chi connectivity index (χ0n) is 18.9. The van der Waals surface area contributed by atoms with Gasteiger partial charge in [-0.1, -0.05) is 29.5 Å². The number of amides is 1. The van der Waals surface area contributed by atoms with Gasteiger partial charge in [0, 0.05) is 24.1 Å². The summed E-state index contributed by atoms with van der Waals surface area (Å²) in [4.78, 5) is 27.0. The van der Waals surface area contributed by atoms with Gasteiger partial charge in [-0.2, -0.15) is 0 Å². The van der Waals surface area contributed by atoms with Crippen LogP contribution in [-0.4, -0.2) is 27.5 Å². The van der Waals surface area contributed by atoms with Gasteiger partial charge < -0.3 is 9.72 Å². The van der Waals surface area contributed by atoms with Gasteiger partial charge in [-0.3, -0.25) is 9.69 Å². The number of nitrogens with one attached hydrogen (secondary N) is 1. The summed E-state index contributed by atoms with van der Waals surface area (Å²) in [6.07, 6.45) is 0. The van der Waals surface area contributed by atoms with Crippen molar-refractivity contribution in [1.29, 1.82) is 0 Å². The third-order valence-electron chi connectivity index (χ3n) is 5.00. The molecular weight excluding hydrogens is 440 g/mol. The summed E-state index contributed by atoms with van der Waals surface area (Å²) in [5, 5.41) is 3.53. The Hall–Kier alpha value is -2.84. The molecule has 0 atom stereocenters. The van der Waals surface area contributed by atoms with E-state index in [-0.39, 0.29) is 5.91 Å². The third-order valence-corrected chi connectivity index (χ3v) is 6.79. The molecule has 32 heavy (non-hydrogen) atoms. The molecule has 2 aromatic carbocycles. The first-order valence-corrected chi connectivity index (χ1v) is 12.3. The number of anilines is 2. The molecule has 166 valence electrons. The van der Waals surface area contributed by atoms with Crippen LogP contribution in [0.5, 0.6) is 5.75 Å². The Bertz CT molecular complexity index is 1260. The lowest BCUT2D eigenvalue weighted by atomic mass is 10.0. The van der Waals surface area contributed by atoms with Crippen LogP contribution in [0, 0.1) is 20.8 Å². The fraction of sp³-hybridized carbons (Fsp3) is 0.292. The van der Waals surface area contributed by atoms with Crippen LogP contribution in [0.4, 0.5) is 10.8 Å².